The van der Waals surface area contributed by atoms with Gasteiger partial charge in [0.05, 0.1) is 30.1 Å². The van der Waals surface area contributed by atoms with Crippen molar-refractivity contribution in [1.82, 2.24) is 9.80 Å². The molecule has 1 aromatic heterocycles. The van der Waals surface area contributed by atoms with Gasteiger partial charge in [-0.1, -0.05) is 37.5 Å². The number of morpholine rings is 1. The van der Waals surface area contributed by atoms with Gasteiger partial charge in [0.25, 0.3) is 5.91 Å². The Labute approximate surface area is 181 Å². The fraction of sp³-hybridized carbons (Fsp3) is 0.565. The lowest BCUT2D eigenvalue weighted by molar-refractivity contribution is -0.145. The van der Waals surface area contributed by atoms with E-state index in [4.69, 9.17) is 4.74 Å². The van der Waals surface area contributed by atoms with Gasteiger partial charge in [-0.25, -0.2) is 0 Å². The van der Waals surface area contributed by atoms with Gasteiger partial charge in [-0.05, 0) is 24.3 Å². The Balaban J connectivity index is 1.59. The normalized spacial score (nSPS) is 21.6. The monoisotopic (exact) mass is 430 g/mol. The zero-order chi connectivity index (χ0) is 21.3. The summed E-state index contributed by atoms with van der Waals surface area (Å²) in [5.74, 6) is -0.0671. The average molecular weight is 431 g/mol. The lowest BCUT2D eigenvalue weighted by atomic mass is 9.82. The highest BCUT2D eigenvalue weighted by atomic mass is 32.1. The van der Waals surface area contributed by atoms with Gasteiger partial charge in [-0.3, -0.25) is 9.59 Å². The Hall–Kier alpha value is -1.96. The third kappa shape index (κ3) is 4.24. The first-order valence-electron chi connectivity index (χ1n) is 10.7. The van der Waals surface area contributed by atoms with E-state index in [1.165, 1.54) is 11.3 Å². The van der Waals surface area contributed by atoms with Crippen molar-refractivity contribution in [3.8, 4) is 0 Å². The summed E-state index contributed by atoms with van der Waals surface area (Å²) in [5, 5.41) is 11.8. The van der Waals surface area contributed by atoms with Crippen LogP contribution in [0.5, 0.6) is 0 Å². The third-order valence-electron chi connectivity index (χ3n) is 6.24. The number of benzene rings is 1. The average Bonchev–Trinajstić information content (AvgIpc) is 3.13. The van der Waals surface area contributed by atoms with Gasteiger partial charge in [-0.15, -0.1) is 11.3 Å². The summed E-state index contributed by atoms with van der Waals surface area (Å²) < 4.78 is 7.12. The van der Waals surface area contributed by atoms with E-state index in [1.807, 2.05) is 24.3 Å². The van der Waals surface area contributed by atoms with Gasteiger partial charge in [0, 0.05) is 30.9 Å². The number of amides is 2. The second-order valence-electron chi connectivity index (χ2n) is 8.70. The van der Waals surface area contributed by atoms with Gasteiger partial charge in [-0.2, -0.15) is 0 Å². The second-order valence-corrected chi connectivity index (χ2v) is 9.75. The Morgan fingerprint density at radius 1 is 1.23 bits per heavy atom. The maximum atomic E-state index is 13.0. The molecular formula is C23H30N2O4S. The predicted molar refractivity (Wildman–Crippen MR) is 118 cm³/mol. The van der Waals surface area contributed by atoms with E-state index in [-0.39, 0.29) is 24.3 Å². The Kier molecular flexibility index (Phi) is 6.14. The van der Waals surface area contributed by atoms with Gasteiger partial charge in [0.1, 0.15) is 6.10 Å². The van der Waals surface area contributed by atoms with Crippen LogP contribution in [0.3, 0.4) is 0 Å². The lowest BCUT2D eigenvalue weighted by Gasteiger charge is -2.37. The summed E-state index contributed by atoms with van der Waals surface area (Å²) in [4.78, 5) is 29.9. The highest BCUT2D eigenvalue weighted by Gasteiger charge is 2.36. The van der Waals surface area contributed by atoms with Crippen LogP contribution in [0.25, 0.3) is 10.1 Å². The molecule has 162 valence electrons. The summed E-state index contributed by atoms with van der Waals surface area (Å²) in [5.41, 5.74) is 0.00717. The third-order valence-corrected chi connectivity index (χ3v) is 7.41. The molecule has 0 radical (unpaired) electrons. The molecule has 0 unspecified atom stereocenters. The minimum Gasteiger partial charge on any atom is -0.389 e. The minimum absolute atomic E-state index is 0.0206. The van der Waals surface area contributed by atoms with Crippen LogP contribution in [0.4, 0.5) is 0 Å². The highest BCUT2D eigenvalue weighted by Crippen LogP contribution is 2.39. The molecule has 6 nitrogen and oxygen atoms in total. The zero-order valence-electron chi connectivity index (χ0n) is 17.7. The predicted octanol–water partition coefficient (Wildman–Crippen LogP) is 3.59. The summed E-state index contributed by atoms with van der Waals surface area (Å²) >= 11 is 1.48. The molecule has 1 aliphatic heterocycles. The molecule has 1 atom stereocenters. The molecule has 0 bridgehead atoms. The first-order valence-corrected chi connectivity index (χ1v) is 11.5. The van der Waals surface area contributed by atoms with E-state index >= 15 is 0 Å². The Morgan fingerprint density at radius 2 is 1.97 bits per heavy atom. The lowest BCUT2D eigenvalue weighted by Crippen LogP contribution is -2.46. The van der Waals surface area contributed by atoms with Crippen LogP contribution in [0.1, 0.15) is 59.9 Å². The van der Waals surface area contributed by atoms with Crippen molar-refractivity contribution in [3.05, 3.63) is 34.7 Å². The van der Waals surface area contributed by atoms with Crippen molar-refractivity contribution >= 4 is 33.2 Å². The minimum atomic E-state index is -0.871. The van der Waals surface area contributed by atoms with E-state index in [0.29, 0.717) is 37.4 Å². The smallest absolute Gasteiger partial charge is 0.263 e. The van der Waals surface area contributed by atoms with Crippen molar-refractivity contribution in [3.63, 3.8) is 0 Å². The van der Waals surface area contributed by atoms with Crippen molar-refractivity contribution in [1.29, 1.82) is 0 Å². The van der Waals surface area contributed by atoms with Crippen LogP contribution in [0.15, 0.2) is 24.3 Å². The SMILES string of the molecule is CN(C)C(=O)c1sc2ccccc2c1[C@H]1CN(C(=O)CC2(O)CCCCC2)CCO1. The molecule has 2 aromatic rings. The Morgan fingerprint density at radius 3 is 2.70 bits per heavy atom. The Bertz CT molecular complexity index is 932. The molecule has 2 heterocycles. The van der Waals surface area contributed by atoms with Gasteiger partial charge < -0.3 is 19.6 Å². The molecule has 0 spiro atoms. The summed E-state index contributed by atoms with van der Waals surface area (Å²) in [7, 11) is 3.50. The van der Waals surface area contributed by atoms with Gasteiger partial charge in [0.15, 0.2) is 0 Å². The van der Waals surface area contributed by atoms with Crippen molar-refractivity contribution in [2.45, 2.75) is 50.2 Å². The van der Waals surface area contributed by atoms with Crippen molar-refractivity contribution in [2.24, 2.45) is 0 Å². The molecule has 1 aromatic carbocycles. The fourth-order valence-corrected chi connectivity index (χ4v) is 5.85. The van der Waals surface area contributed by atoms with Crippen molar-refractivity contribution < 1.29 is 19.4 Å². The maximum absolute atomic E-state index is 13.0. The number of carbonyl (C=O) groups is 2. The van der Waals surface area contributed by atoms with Gasteiger partial charge in [0.2, 0.25) is 5.91 Å². The van der Waals surface area contributed by atoms with E-state index in [1.54, 1.807) is 23.9 Å². The van der Waals surface area contributed by atoms with E-state index in [9.17, 15) is 14.7 Å². The number of ether oxygens (including phenoxy) is 1. The molecule has 2 aliphatic rings. The summed E-state index contributed by atoms with van der Waals surface area (Å²) in [6.07, 6.45) is 4.31. The number of fused-ring (bicyclic) bond motifs is 1. The van der Waals surface area contributed by atoms with Gasteiger partial charge >= 0.3 is 0 Å². The van der Waals surface area contributed by atoms with E-state index in [0.717, 1.165) is 34.9 Å². The van der Waals surface area contributed by atoms with Crippen LogP contribution < -0.4 is 0 Å². The molecule has 2 amide bonds. The molecule has 2 fully saturated rings. The van der Waals surface area contributed by atoms with Crippen LogP contribution in [-0.4, -0.2) is 66.1 Å². The van der Waals surface area contributed by atoms with Crippen LogP contribution in [0, 0.1) is 0 Å². The number of nitrogens with zero attached hydrogens (tertiary/aromatic N) is 2. The number of rotatable bonds is 4. The van der Waals surface area contributed by atoms with E-state index in [2.05, 4.69) is 0 Å². The second kappa shape index (κ2) is 8.65. The summed E-state index contributed by atoms with van der Waals surface area (Å²) in [6, 6.07) is 7.96. The topological polar surface area (TPSA) is 70.1 Å². The molecule has 4 rings (SSSR count). The van der Waals surface area contributed by atoms with Crippen LogP contribution in [-0.2, 0) is 9.53 Å². The number of hydrogen-bond acceptors (Lipinski definition) is 5. The summed E-state index contributed by atoms with van der Waals surface area (Å²) in [6.45, 7) is 1.35. The largest absolute Gasteiger partial charge is 0.389 e. The van der Waals surface area contributed by atoms with Crippen LogP contribution >= 0.6 is 11.3 Å². The molecule has 1 saturated carbocycles. The maximum Gasteiger partial charge on any atom is 0.263 e. The molecule has 7 heteroatoms. The molecule has 1 saturated heterocycles. The quantitative estimate of drug-likeness (QED) is 0.805. The standard InChI is InChI=1S/C23H30N2O4S/c1-24(2)22(27)21-20(16-8-4-5-9-18(16)30-21)17-15-25(12-13-29-17)19(26)14-23(28)10-6-3-7-11-23/h4-5,8-9,17,28H,3,6-7,10-15H2,1-2H3/t17-/m1/s1. The molecule has 1 aliphatic carbocycles. The zero-order valence-corrected chi connectivity index (χ0v) is 18.5. The van der Waals surface area contributed by atoms with Crippen LogP contribution in [0.2, 0.25) is 0 Å². The first kappa shape index (κ1) is 21.3. The fourth-order valence-electron chi connectivity index (χ4n) is 4.58. The molecule has 1 N–H and O–H groups in total. The highest BCUT2D eigenvalue weighted by molar-refractivity contribution is 7.21. The number of aliphatic hydroxyl groups is 1. The number of hydrogen-bond donors (Lipinski definition) is 1. The number of carbonyl (C=O) groups excluding carboxylic acids is 2. The first-order chi connectivity index (χ1) is 14.4. The van der Waals surface area contributed by atoms with Crippen molar-refractivity contribution in [2.75, 3.05) is 33.8 Å². The molecular weight excluding hydrogens is 400 g/mol. The number of thiophene rings is 1. The molecule has 30 heavy (non-hydrogen) atoms. The van der Waals surface area contributed by atoms with E-state index < -0.39 is 5.60 Å².